The van der Waals surface area contributed by atoms with Gasteiger partial charge in [0.05, 0.1) is 22.9 Å². The van der Waals surface area contributed by atoms with E-state index < -0.39 is 17.6 Å². The van der Waals surface area contributed by atoms with Gasteiger partial charge >= 0.3 is 6.18 Å². The number of rotatable bonds is 6. The molecule has 0 saturated heterocycles. The lowest BCUT2D eigenvalue weighted by atomic mass is 9.96. The molecule has 0 fully saturated rings. The Kier molecular flexibility index (Phi) is 9.14. The first-order valence-corrected chi connectivity index (χ1v) is 11.3. The summed E-state index contributed by atoms with van der Waals surface area (Å²) in [5, 5.41) is 2.74. The third-order valence-corrected chi connectivity index (χ3v) is 5.89. The predicted molar refractivity (Wildman–Crippen MR) is 147 cm³/mol. The van der Waals surface area contributed by atoms with E-state index in [0.717, 1.165) is 29.8 Å². The van der Waals surface area contributed by atoms with Crippen LogP contribution in [0, 0.1) is 0 Å². The molecule has 0 saturated carbocycles. The van der Waals surface area contributed by atoms with E-state index in [-0.39, 0.29) is 30.4 Å². The SMILES string of the molecule is Cl.Cl.O=C(Nc1ccc2c(c1)ncn2CCc1ccccn1)c1cc(C(F)(F)F)ccc1-c1ccccc1. The maximum absolute atomic E-state index is 13.4. The summed E-state index contributed by atoms with van der Waals surface area (Å²) in [4.78, 5) is 21.9. The van der Waals surface area contributed by atoms with Crippen LogP contribution < -0.4 is 5.32 Å². The average Bonchev–Trinajstić information content (AvgIpc) is 3.30. The number of imidazole rings is 1. The molecule has 3 aromatic carbocycles. The second kappa shape index (κ2) is 12.1. The van der Waals surface area contributed by atoms with Crippen LogP contribution >= 0.6 is 24.8 Å². The molecule has 0 bridgehead atoms. The monoisotopic (exact) mass is 558 g/mol. The Labute approximate surface area is 229 Å². The molecular formula is C28H23Cl2F3N4O. The number of nitrogens with one attached hydrogen (secondary N) is 1. The molecule has 2 heterocycles. The standard InChI is InChI=1S/C28H21F3N4O.2ClH/c29-28(30,31)20-9-11-23(19-6-2-1-3-7-19)24(16-20)27(36)34-22-10-12-26-25(17-22)33-18-35(26)15-13-21-8-4-5-14-32-21;;/h1-12,14,16-18H,13,15H2,(H,34,36);2*1H. The Hall–Kier alpha value is -3.88. The van der Waals surface area contributed by atoms with Gasteiger partial charge in [-0.15, -0.1) is 24.8 Å². The maximum atomic E-state index is 13.4. The van der Waals surface area contributed by atoms with Crippen LogP contribution in [0.3, 0.4) is 0 Å². The first-order valence-electron chi connectivity index (χ1n) is 11.3. The third-order valence-electron chi connectivity index (χ3n) is 5.89. The number of anilines is 1. The first kappa shape index (κ1) is 28.7. The zero-order chi connectivity index (χ0) is 25.1. The number of carbonyl (C=O) groups is 1. The number of aromatic nitrogens is 3. The maximum Gasteiger partial charge on any atom is 0.416 e. The van der Waals surface area contributed by atoms with E-state index in [1.807, 2.05) is 28.8 Å². The number of aryl methyl sites for hydroxylation is 2. The van der Waals surface area contributed by atoms with Gasteiger partial charge in [-0.3, -0.25) is 9.78 Å². The molecule has 38 heavy (non-hydrogen) atoms. The second-order valence-electron chi connectivity index (χ2n) is 8.29. The number of amides is 1. The summed E-state index contributed by atoms with van der Waals surface area (Å²) in [7, 11) is 0. The van der Waals surface area contributed by atoms with Crippen LogP contribution in [-0.4, -0.2) is 20.4 Å². The summed E-state index contributed by atoms with van der Waals surface area (Å²) >= 11 is 0. The van der Waals surface area contributed by atoms with Crippen molar-refractivity contribution in [3.63, 3.8) is 0 Å². The quantitative estimate of drug-likeness (QED) is 0.235. The second-order valence-corrected chi connectivity index (χ2v) is 8.29. The summed E-state index contributed by atoms with van der Waals surface area (Å²) < 4.78 is 42.2. The largest absolute Gasteiger partial charge is 0.416 e. The van der Waals surface area contributed by atoms with Crippen molar-refractivity contribution in [1.82, 2.24) is 14.5 Å². The number of fused-ring (bicyclic) bond motifs is 1. The zero-order valence-electron chi connectivity index (χ0n) is 19.9. The van der Waals surface area contributed by atoms with E-state index in [2.05, 4.69) is 15.3 Å². The molecule has 0 spiro atoms. The van der Waals surface area contributed by atoms with E-state index in [4.69, 9.17) is 0 Å². The number of pyridine rings is 1. The summed E-state index contributed by atoms with van der Waals surface area (Å²) in [5.41, 5.74) is 3.09. The van der Waals surface area contributed by atoms with Crippen molar-refractivity contribution in [2.45, 2.75) is 19.1 Å². The summed E-state index contributed by atoms with van der Waals surface area (Å²) in [6, 6.07) is 23.1. The van der Waals surface area contributed by atoms with Gasteiger partial charge < -0.3 is 9.88 Å². The van der Waals surface area contributed by atoms with E-state index in [0.29, 0.717) is 28.9 Å². The number of alkyl halides is 3. The van der Waals surface area contributed by atoms with Crippen LogP contribution in [0.1, 0.15) is 21.6 Å². The van der Waals surface area contributed by atoms with Crippen LogP contribution in [-0.2, 0) is 19.1 Å². The fraction of sp³-hybridized carbons (Fsp3) is 0.107. The number of hydrogen-bond acceptors (Lipinski definition) is 3. The van der Waals surface area contributed by atoms with E-state index in [1.165, 1.54) is 6.07 Å². The van der Waals surface area contributed by atoms with Crippen LogP contribution in [0.5, 0.6) is 0 Å². The smallest absolute Gasteiger partial charge is 0.330 e. The molecule has 2 aromatic heterocycles. The Morgan fingerprint density at radius 2 is 1.63 bits per heavy atom. The summed E-state index contributed by atoms with van der Waals surface area (Å²) in [5.74, 6) is -0.631. The lowest BCUT2D eigenvalue weighted by molar-refractivity contribution is -0.137. The van der Waals surface area contributed by atoms with Crippen molar-refractivity contribution in [1.29, 1.82) is 0 Å². The molecule has 5 nitrogen and oxygen atoms in total. The molecule has 1 N–H and O–H groups in total. The van der Waals surface area contributed by atoms with E-state index in [1.54, 1.807) is 55.0 Å². The van der Waals surface area contributed by atoms with Gasteiger partial charge in [0.1, 0.15) is 0 Å². The van der Waals surface area contributed by atoms with Crippen molar-refractivity contribution in [2.75, 3.05) is 5.32 Å². The van der Waals surface area contributed by atoms with Crippen molar-refractivity contribution in [2.24, 2.45) is 0 Å². The van der Waals surface area contributed by atoms with E-state index in [9.17, 15) is 18.0 Å². The normalized spacial score (nSPS) is 10.9. The van der Waals surface area contributed by atoms with Crippen molar-refractivity contribution < 1.29 is 18.0 Å². The van der Waals surface area contributed by atoms with Crippen LogP contribution in [0.4, 0.5) is 18.9 Å². The molecule has 1 amide bonds. The van der Waals surface area contributed by atoms with Crippen molar-refractivity contribution >= 4 is 47.4 Å². The number of benzene rings is 3. The topological polar surface area (TPSA) is 59.8 Å². The number of hydrogen-bond donors (Lipinski definition) is 1. The molecule has 10 heteroatoms. The number of nitrogens with zero attached hydrogens (tertiary/aromatic N) is 3. The average molecular weight is 559 g/mol. The molecule has 0 aliphatic rings. The summed E-state index contributed by atoms with van der Waals surface area (Å²) in [6.07, 6.45) is -0.350. The highest BCUT2D eigenvalue weighted by Gasteiger charge is 2.32. The Bertz CT molecular complexity index is 1520. The molecule has 0 atom stereocenters. The molecular weight excluding hydrogens is 536 g/mol. The first-order chi connectivity index (χ1) is 17.4. The van der Waals surface area contributed by atoms with Gasteiger partial charge in [0.25, 0.3) is 5.91 Å². The molecule has 0 unspecified atom stereocenters. The highest BCUT2D eigenvalue weighted by Crippen LogP contribution is 2.34. The Balaban J connectivity index is 0.00000200. The molecule has 196 valence electrons. The third kappa shape index (κ3) is 6.33. The van der Waals surface area contributed by atoms with Crippen LogP contribution in [0.15, 0.2) is 97.5 Å². The highest BCUT2D eigenvalue weighted by molar-refractivity contribution is 6.09. The zero-order valence-corrected chi connectivity index (χ0v) is 21.5. The van der Waals surface area contributed by atoms with Crippen molar-refractivity contribution in [3.05, 3.63) is 114 Å². The molecule has 5 aromatic rings. The van der Waals surface area contributed by atoms with Gasteiger partial charge in [-0.1, -0.05) is 42.5 Å². The molecule has 0 radical (unpaired) electrons. The number of halogens is 5. The summed E-state index contributed by atoms with van der Waals surface area (Å²) in [6.45, 7) is 0.684. The molecule has 5 rings (SSSR count). The minimum absolute atomic E-state index is 0. The van der Waals surface area contributed by atoms with Gasteiger partial charge in [0.15, 0.2) is 0 Å². The van der Waals surface area contributed by atoms with Crippen molar-refractivity contribution in [3.8, 4) is 11.1 Å². The van der Waals surface area contributed by atoms with Gasteiger partial charge in [0, 0.05) is 36.1 Å². The van der Waals surface area contributed by atoms with Gasteiger partial charge in [-0.2, -0.15) is 13.2 Å². The predicted octanol–water partition coefficient (Wildman–Crippen LogP) is 7.46. The van der Waals surface area contributed by atoms with Gasteiger partial charge in [-0.05, 0) is 53.6 Å². The minimum atomic E-state index is -4.56. The van der Waals surface area contributed by atoms with Gasteiger partial charge in [-0.25, -0.2) is 4.98 Å². The Morgan fingerprint density at radius 3 is 2.34 bits per heavy atom. The van der Waals surface area contributed by atoms with Crippen LogP contribution in [0.2, 0.25) is 0 Å². The van der Waals surface area contributed by atoms with Crippen LogP contribution in [0.25, 0.3) is 22.2 Å². The van der Waals surface area contributed by atoms with E-state index >= 15 is 0 Å². The Morgan fingerprint density at radius 1 is 0.868 bits per heavy atom. The molecule has 0 aliphatic carbocycles. The molecule has 0 aliphatic heterocycles. The number of carbonyl (C=O) groups excluding carboxylic acids is 1. The minimum Gasteiger partial charge on any atom is -0.330 e. The highest BCUT2D eigenvalue weighted by atomic mass is 35.5. The van der Waals surface area contributed by atoms with Gasteiger partial charge in [0.2, 0.25) is 0 Å². The lowest BCUT2D eigenvalue weighted by Gasteiger charge is -2.14. The fourth-order valence-corrected chi connectivity index (χ4v) is 4.08. The fourth-order valence-electron chi connectivity index (χ4n) is 4.08. The lowest BCUT2D eigenvalue weighted by Crippen LogP contribution is -2.15.